The Labute approximate surface area is 162 Å². The van der Waals surface area contributed by atoms with Crippen molar-refractivity contribution in [1.29, 1.82) is 0 Å². The van der Waals surface area contributed by atoms with E-state index in [0.717, 1.165) is 41.6 Å². The standard InChI is InChI=1S/C19H22N6OS/c1-3-14-11-18(21-13-20-14)24-6-8-25(9-7-24)19(26)16-12-15(22-23(16)2)17-5-4-10-27-17/h4-5,10-13H,3,6-9H2,1-2H3. The third kappa shape index (κ3) is 3.57. The van der Waals surface area contributed by atoms with Crippen LogP contribution in [0.4, 0.5) is 5.82 Å². The number of anilines is 1. The second-order valence-electron chi connectivity index (χ2n) is 6.52. The van der Waals surface area contributed by atoms with Crippen LogP contribution in [0.2, 0.25) is 0 Å². The van der Waals surface area contributed by atoms with E-state index in [0.29, 0.717) is 18.8 Å². The molecule has 8 heteroatoms. The second-order valence-corrected chi connectivity index (χ2v) is 7.46. The van der Waals surface area contributed by atoms with Gasteiger partial charge in [-0.15, -0.1) is 11.3 Å². The zero-order chi connectivity index (χ0) is 18.8. The summed E-state index contributed by atoms with van der Waals surface area (Å²) in [5.74, 6) is 0.971. The summed E-state index contributed by atoms with van der Waals surface area (Å²) < 4.78 is 1.68. The van der Waals surface area contributed by atoms with Crippen LogP contribution in [0.5, 0.6) is 0 Å². The van der Waals surface area contributed by atoms with Crippen molar-refractivity contribution in [3.05, 3.63) is 47.4 Å². The van der Waals surface area contributed by atoms with Gasteiger partial charge in [0.1, 0.15) is 23.5 Å². The molecule has 140 valence electrons. The molecule has 7 nitrogen and oxygen atoms in total. The minimum Gasteiger partial charge on any atom is -0.353 e. The van der Waals surface area contributed by atoms with Crippen LogP contribution in [0, 0.1) is 0 Å². The number of hydrogen-bond acceptors (Lipinski definition) is 6. The van der Waals surface area contributed by atoms with Crippen molar-refractivity contribution in [2.75, 3.05) is 31.1 Å². The Morgan fingerprint density at radius 2 is 2.00 bits per heavy atom. The lowest BCUT2D eigenvalue weighted by molar-refractivity contribution is 0.0735. The van der Waals surface area contributed by atoms with E-state index in [2.05, 4.69) is 26.9 Å². The molecule has 1 saturated heterocycles. The number of thiophene rings is 1. The minimum absolute atomic E-state index is 0.0318. The summed E-state index contributed by atoms with van der Waals surface area (Å²) in [5, 5.41) is 6.52. The SMILES string of the molecule is CCc1cc(N2CCN(C(=O)c3cc(-c4cccs4)nn3C)CC2)ncn1. The van der Waals surface area contributed by atoms with Crippen molar-refractivity contribution in [2.45, 2.75) is 13.3 Å². The first-order valence-electron chi connectivity index (χ1n) is 9.08. The Morgan fingerprint density at radius 3 is 2.70 bits per heavy atom. The van der Waals surface area contributed by atoms with Gasteiger partial charge < -0.3 is 9.80 Å². The highest BCUT2D eigenvalue weighted by molar-refractivity contribution is 7.13. The molecule has 0 unspecified atom stereocenters. The quantitative estimate of drug-likeness (QED) is 0.693. The first-order valence-corrected chi connectivity index (χ1v) is 9.96. The summed E-state index contributed by atoms with van der Waals surface area (Å²) in [7, 11) is 1.83. The summed E-state index contributed by atoms with van der Waals surface area (Å²) in [6.07, 6.45) is 2.51. The fourth-order valence-corrected chi connectivity index (χ4v) is 3.95. The predicted molar refractivity (Wildman–Crippen MR) is 106 cm³/mol. The lowest BCUT2D eigenvalue weighted by Gasteiger charge is -2.35. The Morgan fingerprint density at radius 1 is 1.19 bits per heavy atom. The molecule has 1 aliphatic heterocycles. The molecule has 1 fully saturated rings. The molecule has 0 aliphatic carbocycles. The van der Waals surface area contributed by atoms with Gasteiger partial charge in [0.15, 0.2) is 0 Å². The van der Waals surface area contributed by atoms with Gasteiger partial charge in [0.25, 0.3) is 5.91 Å². The highest BCUT2D eigenvalue weighted by atomic mass is 32.1. The fraction of sp³-hybridized carbons (Fsp3) is 0.368. The van der Waals surface area contributed by atoms with Crippen LogP contribution in [-0.4, -0.2) is 56.7 Å². The van der Waals surface area contributed by atoms with Crippen molar-refractivity contribution >= 4 is 23.1 Å². The smallest absolute Gasteiger partial charge is 0.272 e. The molecule has 0 bridgehead atoms. The number of amides is 1. The average molecular weight is 382 g/mol. The van der Waals surface area contributed by atoms with Gasteiger partial charge in [-0.2, -0.15) is 5.10 Å². The molecule has 1 amide bonds. The van der Waals surface area contributed by atoms with Crippen LogP contribution >= 0.6 is 11.3 Å². The van der Waals surface area contributed by atoms with Crippen molar-refractivity contribution in [3.63, 3.8) is 0 Å². The number of rotatable bonds is 4. The van der Waals surface area contributed by atoms with Gasteiger partial charge in [0.2, 0.25) is 0 Å². The Hall–Kier alpha value is -2.74. The van der Waals surface area contributed by atoms with Crippen molar-refractivity contribution in [2.24, 2.45) is 7.05 Å². The number of aryl methyl sites for hydroxylation is 2. The zero-order valence-electron chi connectivity index (χ0n) is 15.5. The molecule has 3 aromatic heterocycles. The molecule has 4 rings (SSSR count). The van der Waals surface area contributed by atoms with Crippen LogP contribution in [0.25, 0.3) is 10.6 Å². The zero-order valence-corrected chi connectivity index (χ0v) is 16.3. The maximum Gasteiger partial charge on any atom is 0.272 e. The monoisotopic (exact) mass is 382 g/mol. The lowest BCUT2D eigenvalue weighted by atomic mass is 10.2. The number of aromatic nitrogens is 4. The van der Waals surface area contributed by atoms with E-state index in [4.69, 9.17) is 0 Å². The van der Waals surface area contributed by atoms with Gasteiger partial charge in [-0.25, -0.2) is 9.97 Å². The van der Waals surface area contributed by atoms with Gasteiger partial charge in [0.05, 0.1) is 4.88 Å². The third-order valence-electron chi connectivity index (χ3n) is 4.83. The Bertz CT molecular complexity index is 928. The molecular weight excluding hydrogens is 360 g/mol. The molecule has 0 aromatic carbocycles. The summed E-state index contributed by atoms with van der Waals surface area (Å²) >= 11 is 1.63. The topological polar surface area (TPSA) is 67.2 Å². The van der Waals surface area contributed by atoms with Crippen LogP contribution < -0.4 is 4.90 Å². The molecule has 0 radical (unpaired) electrons. The Balaban J connectivity index is 1.44. The molecule has 4 heterocycles. The maximum absolute atomic E-state index is 13.0. The molecule has 0 saturated carbocycles. The summed E-state index contributed by atoms with van der Waals surface area (Å²) in [6.45, 7) is 4.96. The maximum atomic E-state index is 13.0. The van der Waals surface area contributed by atoms with Crippen molar-refractivity contribution in [1.82, 2.24) is 24.6 Å². The number of carbonyl (C=O) groups excluding carboxylic acids is 1. The van der Waals surface area contributed by atoms with E-state index in [1.165, 1.54) is 0 Å². The van der Waals surface area contributed by atoms with E-state index < -0.39 is 0 Å². The highest BCUT2D eigenvalue weighted by Gasteiger charge is 2.25. The van der Waals surface area contributed by atoms with Crippen molar-refractivity contribution in [3.8, 4) is 10.6 Å². The highest BCUT2D eigenvalue weighted by Crippen LogP contribution is 2.24. The average Bonchev–Trinajstić information content (AvgIpc) is 3.37. The largest absolute Gasteiger partial charge is 0.353 e. The molecule has 0 atom stereocenters. The number of carbonyl (C=O) groups is 1. The molecular formula is C19H22N6OS. The lowest BCUT2D eigenvalue weighted by Crippen LogP contribution is -2.49. The molecule has 0 spiro atoms. The molecule has 3 aromatic rings. The molecule has 27 heavy (non-hydrogen) atoms. The number of piperazine rings is 1. The summed E-state index contributed by atoms with van der Waals surface area (Å²) in [4.78, 5) is 26.8. The molecule has 1 aliphatic rings. The predicted octanol–water partition coefficient (Wildman–Crippen LogP) is 2.46. The minimum atomic E-state index is 0.0318. The first-order chi connectivity index (χ1) is 13.2. The van der Waals surface area contributed by atoms with Crippen molar-refractivity contribution < 1.29 is 4.79 Å². The number of nitrogens with zero attached hydrogens (tertiary/aromatic N) is 6. The normalized spacial score (nSPS) is 14.6. The van der Waals surface area contributed by atoms with E-state index in [-0.39, 0.29) is 5.91 Å². The number of hydrogen-bond donors (Lipinski definition) is 0. The van der Waals surface area contributed by atoms with E-state index in [1.807, 2.05) is 41.6 Å². The van der Waals surface area contributed by atoms with E-state index in [1.54, 1.807) is 22.3 Å². The van der Waals surface area contributed by atoms with Gasteiger partial charge in [0, 0.05) is 45.0 Å². The van der Waals surface area contributed by atoms with Crippen LogP contribution in [-0.2, 0) is 13.5 Å². The van der Waals surface area contributed by atoms with Crippen LogP contribution in [0.3, 0.4) is 0 Å². The summed E-state index contributed by atoms with van der Waals surface area (Å²) in [5.41, 5.74) is 2.51. The van der Waals surface area contributed by atoms with Gasteiger partial charge in [-0.3, -0.25) is 9.48 Å². The van der Waals surface area contributed by atoms with Crippen LogP contribution in [0.1, 0.15) is 23.1 Å². The fourth-order valence-electron chi connectivity index (χ4n) is 3.26. The van der Waals surface area contributed by atoms with Gasteiger partial charge in [-0.05, 0) is 23.9 Å². The molecule has 0 N–H and O–H groups in total. The van der Waals surface area contributed by atoms with Crippen LogP contribution in [0.15, 0.2) is 36.0 Å². The second kappa shape index (κ2) is 7.48. The third-order valence-corrected chi connectivity index (χ3v) is 5.73. The first kappa shape index (κ1) is 17.7. The van der Waals surface area contributed by atoms with E-state index in [9.17, 15) is 4.79 Å². The summed E-state index contributed by atoms with van der Waals surface area (Å²) in [6, 6.07) is 7.93. The van der Waals surface area contributed by atoms with E-state index >= 15 is 0 Å². The van der Waals surface area contributed by atoms with Gasteiger partial charge >= 0.3 is 0 Å². The Kier molecular flexibility index (Phi) is 4.89. The van der Waals surface area contributed by atoms with Gasteiger partial charge in [-0.1, -0.05) is 13.0 Å².